The lowest BCUT2D eigenvalue weighted by molar-refractivity contribution is -0.420. The first-order valence-electron chi connectivity index (χ1n) is 10.1. The summed E-state index contributed by atoms with van der Waals surface area (Å²) in [5.41, 5.74) is 0. The van der Waals surface area contributed by atoms with E-state index < -0.39 is 61.4 Å². The monoisotopic (exact) mass is 460 g/mol. The van der Waals surface area contributed by atoms with E-state index in [1.165, 1.54) is 0 Å². The van der Waals surface area contributed by atoms with E-state index >= 15 is 0 Å². The molecule has 0 unspecified atom stereocenters. The maximum atomic E-state index is 14.5. The van der Waals surface area contributed by atoms with Gasteiger partial charge in [-0.2, -0.15) is 26.3 Å². The Morgan fingerprint density at radius 2 is 0.806 bits per heavy atom. The molecule has 0 N–H and O–H groups in total. The number of esters is 3. The number of carbonyl (C=O) groups excluding carboxylic acids is 3. The highest BCUT2D eigenvalue weighted by molar-refractivity contribution is 5.71. The van der Waals surface area contributed by atoms with E-state index in [-0.39, 0.29) is 17.8 Å². The average molecular weight is 460 g/mol. The first-order valence-corrected chi connectivity index (χ1v) is 10.1. The molecule has 0 heterocycles. The fraction of sp³-hybridized carbons (Fsp3) is 0.842. The van der Waals surface area contributed by atoms with Gasteiger partial charge in [-0.25, -0.2) is 0 Å². The molecule has 0 aliphatic heterocycles. The van der Waals surface area contributed by atoms with Crippen molar-refractivity contribution in [3.63, 3.8) is 0 Å². The van der Waals surface area contributed by atoms with Crippen molar-refractivity contribution in [1.29, 1.82) is 0 Å². The standard InChI is InChI=1S/C19H22F6O6/c20-17(21,29-13(26)7-10-1-2-10)16(18(22,23)30-14(27)8-11-3-4-11)19(24,25)31-15(28)9-12-5-6-12/h10-12,16H,1-9H2. The molecule has 0 spiro atoms. The lowest BCUT2D eigenvalue weighted by atomic mass is 10.1. The van der Waals surface area contributed by atoms with Crippen LogP contribution in [0, 0.1) is 23.7 Å². The Balaban J connectivity index is 1.78. The number of rotatable bonds is 12. The number of ether oxygens (including phenoxy) is 3. The number of alkyl halides is 6. The largest absolute Gasteiger partial charge is 0.422 e. The van der Waals surface area contributed by atoms with E-state index in [2.05, 4.69) is 14.2 Å². The van der Waals surface area contributed by atoms with Crippen LogP contribution in [-0.2, 0) is 28.6 Å². The summed E-state index contributed by atoms with van der Waals surface area (Å²) in [7, 11) is 0. The van der Waals surface area contributed by atoms with E-state index in [0.717, 1.165) is 0 Å². The highest BCUT2D eigenvalue weighted by Crippen LogP contribution is 2.50. The van der Waals surface area contributed by atoms with Crippen LogP contribution in [0.1, 0.15) is 57.8 Å². The Hall–Kier alpha value is -2.01. The van der Waals surface area contributed by atoms with Crippen molar-refractivity contribution in [2.45, 2.75) is 76.1 Å². The molecule has 0 aromatic carbocycles. The Labute approximate surface area is 173 Å². The Bertz CT molecular complexity index is 620. The molecule has 0 saturated heterocycles. The fourth-order valence-corrected chi connectivity index (χ4v) is 3.02. The van der Waals surface area contributed by atoms with Crippen molar-refractivity contribution in [3.8, 4) is 0 Å². The Morgan fingerprint density at radius 3 is 1.00 bits per heavy atom. The van der Waals surface area contributed by atoms with E-state index in [4.69, 9.17) is 0 Å². The van der Waals surface area contributed by atoms with Gasteiger partial charge in [0.15, 0.2) is 0 Å². The number of hydrogen-bond acceptors (Lipinski definition) is 6. The molecule has 0 aromatic heterocycles. The summed E-state index contributed by atoms with van der Waals surface area (Å²) in [5, 5.41) is 0. The topological polar surface area (TPSA) is 78.9 Å². The molecule has 0 amide bonds. The second-order valence-electron chi connectivity index (χ2n) is 8.48. The number of carbonyl (C=O) groups is 3. The van der Waals surface area contributed by atoms with Crippen molar-refractivity contribution < 1.29 is 54.9 Å². The van der Waals surface area contributed by atoms with Gasteiger partial charge in [-0.15, -0.1) is 0 Å². The molecule has 0 radical (unpaired) electrons. The summed E-state index contributed by atoms with van der Waals surface area (Å²) in [4.78, 5) is 34.8. The van der Waals surface area contributed by atoms with E-state index in [9.17, 15) is 40.7 Å². The molecule has 3 saturated carbocycles. The molecule has 3 aliphatic carbocycles. The first-order chi connectivity index (χ1) is 14.3. The predicted molar refractivity (Wildman–Crippen MR) is 88.6 cm³/mol. The predicted octanol–water partition coefficient (Wildman–Crippen LogP) is 4.41. The molecule has 6 nitrogen and oxygen atoms in total. The zero-order valence-corrected chi connectivity index (χ0v) is 16.4. The molecule has 12 heteroatoms. The van der Waals surface area contributed by atoms with Crippen molar-refractivity contribution in [3.05, 3.63) is 0 Å². The quantitative estimate of drug-likeness (QED) is 0.244. The van der Waals surface area contributed by atoms with Crippen LogP contribution in [0.3, 0.4) is 0 Å². The highest BCUT2D eigenvalue weighted by atomic mass is 19.3. The van der Waals surface area contributed by atoms with E-state index in [1.807, 2.05) is 0 Å². The average Bonchev–Trinajstić information content (AvgIpc) is 3.37. The minimum Gasteiger partial charge on any atom is -0.400 e. The van der Waals surface area contributed by atoms with E-state index in [0.29, 0.717) is 38.5 Å². The van der Waals surface area contributed by atoms with Gasteiger partial charge in [0.05, 0.1) is 0 Å². The van der Waals surface area contributed by atoms with Gasteiger partial charge in [-0.05, 0) is 56.3 Å². The molecule has 0 aromatic rings. The van der Waals surface area contributed by atoms with Crippen LogP contribution in [0.15, 0.2) is 0 Å². The van der Waals surface area contributed by atoms with Crippen LogP contribution in [0.25, 0.3) is 0 Å². The maximum absolute atomic E-state index is 14.5. The van der Waals surface area contributed by atoms with Crippen LogP contribution in [-0.4, -0.2) is 36.2 Å². The third-order valence-electron chi connectivity index (χ3n) is 5.21. The summed E-state index contributed by atoms with van der Waals surface area (Å²) in [6, 6.07) is 0. The smallest absolute Gasteiger partial charge is 0.400 e. The third kappa shape index (κ3) is 6.99. The lowest BCUT2D eigenvalue weighted by Gasteiger charge is -2.35. The molecule has 31 heavy (non-hydrogen) atoms. The van der Waals surface area contributed by atoms with Crippen LogP contribution in [0.2, 0.25) is 0 Å². The van der Waals surface area contributed by atoms with Crippen molar-refractivity contribution in [2.75, 3.05) is 0 Å². The molecule has 176 valence electrons. The SMILES string of the molecule is O=C(CC1CC1)OC(F)(F)C(C(F)(F)OC(=O)CC1CC1)C(F)(F)OC(=O)CC1CC1. The van der Waals surface area contributed by atoms with Crippen molar-refractivity contribution in [2.24, 2.45) is 23.7 Å². The molecule has 3 fully saturated rings. The third-order valence-corrected chi connectivity index (χ3v) is 5.21. The molecular weight excluding hydrogens is 438 g/mol. The second-order valence-corrected chi connectivity index (χ2v) is 8.48. The lowest BCUT2D eigenvalue weighted by Crippen LogP contribution is -2.57. The number of halogens is 6. The molecule has 3 rings (SSSR count). The van der Waals surface area contributed by atoms with Gasteiger partial charge in [-0.1, -0.05) is 0 Å². The summed E-state index contributed by atoms with van der Waals surface area (Å²) < 4.78 is 97.8. The van der Waals surface area contributed by atoms with Gasteiger partial charge in [0.25, 0.3) is 5.92 Å². The Kier molecular flexibility index (Phi) is 6.48. The van der Waals surface area contributed by atoms with Crippen molar-refractivity contribution in [1.82, 2.24) is 0 Å². The zero-order valence-electron chi connectivity index (χ0n) is 16.4. The fourth-order valence-electron chi connectivity index (χ4n) is 3.02. The van der Waals surface area contributed by atoms with Crippen LogP contribution in [0.5, 0.6) is 0 Å². The summed E-state index contributed by atoms with van der Waals surface area (Å²) in [6.07, 6.45) is -15.1. The van der Waals surface area contributed by atoms with Crippen LogP contribution in [0.4, 0.5) is 26.3 Å². The Morgan fingerprint density at radius 1 is 0.581 bits per heavy atom. The minimum absolute atomic E-state index is 0.296. The van der Waals surface area contributed by atoms with Crippen LogP contribution < -0.4 is 0 Å². The van der Waals surface area contributed by atoms with Gasteiger partial charge in [0.2, 0.25) is 0 Å². The maximum Gasteiger partial charge on any atom is 0.422 e. The minimum atomic E-state index is -5.50. The normalized spacial score (nSPS) is 19.8. The van der Waals surface area contributed by atoms with Crippen molar-refractivity contribution >= 4 is 17.9 Å². The molecule has 3 aliphatic rings. The summed E-state index contributed by atoms with van der Waals surface area (Å²) in [5.74, 6) is -10.4. The number of hydrogen-bond donors (Lipinski definition) is 0. The molecule has 0 atom stereocenters. The summed E-state index contributed by atoms with van der Waals surface area (Å²) >= 11 is 0. The highest BCUT2D eigenvalue weighted by Gasteiger charge is 2.74. The van der Waals surface area contributed by atoms with E-state index in [1.54, 1.807) is 0 Å². The first kappa shape index (κ1) is 23.6. The molecular formula is C19H22F6O6. The zero-order chi connectivity index (χ0) is 23.0. The second kappa shape index (κ2) is 8.50. The van der Waals surface area contributed by atoms with Gasteiger partial charge in [-0.3, -0.25) is 14.4 Å². The van der Waals surface area contributed by atoms with Crippen LogP contribution >= 0.6 is 0 Å². The van der Waals surface area contributed by atoms with Gasteiger partial charge >= 0.3 is 36.2 Å². The van der Waals surface area contributed by atoms with Gasteiger partial charge in [0, 0.05) is 19.3 Å². The van der Waals surface area contributed by atoms with Gasteiger partial charge < -0.3 is 14.2 Å². The van der Waals surface area contributed by atoms with Gasteiger partial charge in [0.1, 0.15) is 0 Å². The molecule has 0 bridgehead atoms. The summed E-state index contributed by atoms with van der Waals surface area (Å²) in [6.45, 7) is 0.